The first-order valence-corrected chi connectivity index (χ1v) is 3.91. The minimum absolute atomic E-state index is 0.311. The molecule has 68 valence electrons. The lowest BCUT2D eigenvalue weighted by Crippen LogP contribution is -2.42. The van der Waals surface area contributed by atoms with E-state index in [1.165, 1.54) is 6.92 Å². The van der Waals surface area contributed by atoms with Crippen LogP contribution in [0.1, 0.15) is 27.2 Å². The smallest absolute Gasteiger partial charge is 0.105 e. The van der Waals surface area contributed by atoms with Crippen molar-refractivity contribution in [1.82, 2.24) is 0 Å². The van der Waals surface area contributed by atoms with Crippen LogP contribution in [0, 0.1) is 5.92 Å². The van der Waals surface area contributed by atoms with Gasteiger partial charge in [-0.1, -0.05) is 13.8 Å². The SMILES string of the molecule is CC(C)CC(C)(O)C(O)CO. The Morgan fingerprint density at radius 3 is 2.09 bits per heavy atom. The topological polar surface area (TPSA) is 60.7 Å². The molecule has 0 bridgehead atoms. The number of rotatable bonds is 4. The van der Waals surface area contributed by atoms with E-state index < -0.39 is 11.7 Å². The summed E-state index contributed by atoms with van der Waals surface area (Å²) in [4.78, 5) is 0. The van der Waals surface area contributed by atoms with Gasteiger partial charge in [0.2, 0.25) is 0 Å². The maximum absolute atomic E-state index is 9.54. The highest BCUT2D eigenvalue weighted by Gasteiger charge is 2.30. The molecule has 0 saturated carbocycles. The van der Waals surface area contributed by atoms with E-state index in [2.05, 4.69) is 0 Å². The van der Waals surface area contributed by atoms with E-state index in [0.717, 1.165) is 0 Å². The number of hydrogen-bond donors (Lipinski definition) is 3. The standard InChI is InChI=1S/C8H18O3/c1-6(2)4-8(3,11)7(10)5-9/h6-7,9-11H,4-5H2,1-3H3. The number of aliphatic hydroxyl groups is 3. The van der Waals surface area contributed by atoms with Crippen LogP contribution in [-0.2, 0) is 0 Å². The van der Waals surface area contributed by atoms with Gasteiger partial charge in [0.05, 0.1) is 12.2 Å². The molecular weight excluding hydrogens is 144 g/mol. The van der Waals surface area contributed by atoms with E-state index >= 15 is 0 Å². The summed E-state index contributed by atoms with van der Waals surface area (Å²) in [7, 11) is 0. The van der Waals surface area contributed by atoms with Crippen LogP contribution in [-0.4, -0.2) is 33.6 Å². The van der Waals surface area contributed by atoms with Gasteiger partial charge in [0, 0.05) is 0 Å². The first-order valence-electron chi connectivity index (χ1n) is 3.91. The Morgan fingerprint density at radius 2 is 1.82 bits per heavy atom. The molecule has 0 aliphatic heterocycles. The lowest BCUT2D eigenvalue weighted by Gasteiger charge is -2.29. The normalized spacial score (nSPS) is 19.9. The Kier molecular flexibility index (Phi) is 4.00. The third kappa shape index (κ3) is 3.70. The van der Waals surface area contributed by atoms with E-state index in [4.69, 9.17) is 10.2 Å². The lowest BCUT2D eigenvalue weighted by atomic mass is 9.89. The molecule has 0 aromatic heterocycles. The van der Waals surface area contributed by atoms with Crippen molar-refractivity contribution in [2.75, 3.05) is 6.61 Å². The molecule has 2 unspecified atom stereocenters. The highest BCUT2D eigenvalue weighted by molar-refractivity contribution is 4.81. The first kappa shape index (κ1) is 10.9. The van der Waals surface area contributed by atoms with Crippen molar-refractivity contribution in [1.29, 1.82) is 0 Å². The van der Waals surface area contributed by atoms with Gasteiger partial charge in [-0.2, -0.15) is 0 Å². The Hall–Kier alpha value is -0.120. The fraction of sp³-hybridized carbons (Fsp3) is 1.00. The predicted molar refractivity (Wildman–Crippen MR) is 43.2 cm³/mol. The van der Waals surface area contributed by atoms with Crippen LogP contribution in [0.25, 0.3) is 0 Å². The van der Waals surface area contributed by atoms with E-state index in [-0.39, 0.29) is 6.61 Å². The van der Waals surface area contributed by atoms with Crippen LogP contribution in [0.2, 0.25) is 0 Å². The average molecular weight is 162 g/mol. The van der Waals surface area contributed by atoms with Crippen LogP contribution >= 0.6 is 0 Å². The van der Waals surface area contributed by atoms with Gasteiger partial charge in [-0.3, -0.25) is 0 Å². The summed E-state index contributed by atoms with van der Waals surface area (Å²) >= 11 is 0. The van der Waals surface area contributed by atoms with Crippen molar-refractivity contribution in [2.24, 2.45) is 5.92 Å². The molecule has 0 heterocycles. The maximum atomic E-state index is 9.54. The highest BCUT2D eigenvalue weighted by atomic mass is 16.4. The molecule has 0 aliphatic carbocycles. The average Bonchev–Trinajstić information content (AvgIpc) is 1.83. The Labute approximate surface area is 67.7 Å². The van der Waals surface area contributed by atoms with Crippen LogP contribution in [0.5, 0.6) is 0 Å². The van der Waals surface area contributed by atoms with Gasteiger partial charge in [-0.05, 0) is 19.3 Å². The van der Waals surface area contributed by atoms with Gasteiger partial charge in [0.1, 0.15) is 6.10 Å². The van der Waals surface area contributed by atoms with Crippen LogP contribution in [0.15, 0.2) is 0 Å². The molecule has 0 saturated heterocycles. The van der Waals surface area contributed by atoms with Crippen molar-refractivity contribution in [3.63, 3.8) is 0 Å². The van der Waals surface area contributed by atoms with Crippen molar-refractivity contribution in [3.05, 3.63) is 0 Å². The summed E-state index contributed by atoms with van der Waals surface area (Å²) in [5.41, 5.74) is -1.16. The summed E-state index contributed by atoms with van der Waals surface area (Å²) in [6, 6.07) is 0. The molecule has 11 heavy (non-hydrogen) atoms. The second-order valence-corrected chi connectivity index (χ2v) is 3.65. The molecule has 0 aromatic carbocycles. The predicted octanol–water partition coefficient (Wildman–Crippen LogP) is 0.137. The Bertz CT molecular complexity index is 110. The van der Waals surface area contributed by atoms with Gasteiger partial charge in [-0.15, -0.1) is 0 Å². The van der Waals surface area contributed by atoms with Crippen molar-refractivity contribution in [3.8, 4) is 0 Å². The van der Waals surface area contributed by atoms with Gasteiger partial charge >= 0.3 is 0 Å². The zero-order valence-corrected chi connectivity index (χ0v) is 7.41. The summed E-state index contributed by atoms with van der Waals surface area (Å²) in [6.07, 6.45) is -0.542. The van der Waals surface area contributed by atoms with Crippen molar-refractivity contribution >= 4 is 0 Å². The molecule has 0 radical (unpaired) electrons. The van der Waals surface area contributed by atoms with E-state index in [1.54, 1.807) is 0 Å². The molecule has 0 amide bonds. The van der Waals surface area contributed by atoms with Gasteiger partial charge in [0.15, 0.2) is 0 Å². The minimum atomic E-state index is -1.16. The molecule has 0 spiro atoms. The number of hydrogen-bond acceptors (Lipinski definition) is 3. The summed E-state index contributed by atoms with van der Waals surface area (Å²) in [5.74, 6) is 0.311. The molecule has 3 N–H and O–H groups in total. The molecule has 2 atom stereocenters. The Balaban J connectivity index is 3.98. The largest absolute Gasteiger partial charge is 0.394 e. The van der Waals surface area contributed by atoms with E-state index in [9.17, 15) is 5.11 Å². The molecule has 0 fully saturated rings. The minimum Gasteiger partial charge on any atom is -0.394 e. The van der Waals surface area contributed by atoms with Crippen LogP contribution < -0.4 is 0 Å². The molecule has 3 heteroatoms. The van der Waals surface area contributed by atoms with E-state index in [0.29, 0.717) is 12.3 Å². The van der Waals surface area contributed by atoms with Crippen molar-refractivity contribution < 1.29 is 15.3 Å². The third-order valence-corrected chi connectivity index (χ3v) is 1.71. The maximum Gasteiger partial charge on any atom is 0.105 e. The fourth-order valence-corrected chi connectivity index (χ4v) is 1.16. The molecule has 3 nitrogen and oxygen atoms in total. The highest BCUT2D eigenvalue weighted by Crippen LogP contribution is 2.19. The monoisotopic (exact) mass is 162 g/mol. The molecule has 0 aliphatic rings. The van der Waals surface area contributed by atoms with E-state index in [1.807, 2.05) is 13.8 Å². The van der Waals surface area contributed by atoms with Crippen molar-refractivity contribution in [2.45, 2.75) is 38.9 Å². The zero-order valence-electron chi connectivity index (χ0n) is 7.41. The molecular formula is C8H18O3. The first-order chi connectivity index (χ1) is 4.90. The Morgan fingerprint density at radius 1 is 1.36 bits per heavy atom. The fourth-order valence-electron chi connectivity index (χ4n) is 1.16. The third-order valence-electron chi connectivity index (χ3n) is 1.71. The summed E-state index contributed by atoms with van der Waals surface area (Å²) in [6.45, 7) is 5.06. The lowest BCUT2D eigenvalue weighted by molar-refractivity contribution is -0.0930. The quantitative estimate of drug-likeness (QED) is 0.551. The summed E-state index contributed by atoms with van der Waals surface area (Å²) < 4.78 is 0. The second kappa shape index (κ2) is 4.04. The molecule has 0 rings (SSSR count). The summed E-state index contributed by atoms with van der Waals surface area (Å²) in [5, 5.41) is 27.3. The number of aliphatic hydroxyl groups excluding tert-OH is 2. The van der Waals surface area contributed by atoms with Crippen LogP contribution in [0.3, 0.4) is 0 Å². The van der Waals surface area contributed by atoms with Gasteiger partial charge in [-0.25, -0.2) is 0 Å². The second-order valence-electron chi connectivity index (χ2n) is 3.65. The van der Waals surface area contributed by atoms with Crippen LogP contribution in [0.4, 0.5) is 0 Å². The zero-order chi connectivity index (χ0) is 9.07. The van der Waals surface area contributed by atoms with Gasteiger partial charge < -0.3 is 15.3 Å². The van der Waals surface area contributed by atoms with Gasteiger partial charge in [0.25, 0.3) is 0 Å². The molecule has 0 aromatic rings.